The number of anilines is 1. The minimum absolute atomic E-state index is 0.526. The van der Waals surface area contributed by atoms with Gasteiger partial charge in [0.05, 0.1) is 30.9 Å². The zero-order valence-corrected chi connectivity index (χ0v) is 12.7. The van der Waals surface area contributed by atoms with Crippen LogP contribution in [0.2, 0.25) is 0 Å². The number of nitrogens with zero attached hydrogens (tertiary/aromatic N) is 2. The Morgan fingerprint density at radius 1 is 1.32 bits per heavy atom. The summed E-state index contributed by atoms with van der Waals surface area (Å²) in [5, 5.41) is 4.38. The van der Waals surface area contributed by atoms with E-state index in [9.17, 15) is 0 Å². The van der Waals surface area contributed by atoms with E-state index in [1.54, 1.807) is 18.9 Å². The molecule has 2 N–H and O–H groups in total. The Labute approximate surface area is 120 Å². The lowest BCUT2D eigenvalue weighted by Crippen LogP contribution is -2.07. The summed E-state index contributed by atoms with van der Waals surface area (Å²) in [4.78, 5) is 0. The SMILES string of the molecule is COc1ccc(OC)c(Cn2nc(C)c(Br)c2N)c1. The summed E-state index contributed by atoms with van der Waals surface area (Å²) in [6.45, 7) is 2.43. The van der Waals surface area contributed by atoms with Gasteiger partial charge in [-0.2, -0.15) is 5.10 Å². The number of nitrogen functional groups attached to an aromatic ring is 1. The molecule has 0 aliphatic carbocycles. The van der Waals surface area contributed by atoms with Gasteiger partial charge in [-0.3, -0.25) is 0 Å². The fraction of sp³-hybridized carbons (Fsp3) is 0.308. The Morgan fingerprint density at radius 2 is 2.05 bits per heavy atom. The molecule has 0 spiro atoms. The summed E-state index contributed by atoms with van der Waals surface area (Å²) in [5.41, 5.74) is 7.82. The maximum absolute atomic E-state index is 5.99. The predicted octanol–water partition coefficient (Wildman–Crippen LogP) is 2.60. The number of hydrogen-bond acceptors (Lipinski definition) is 4. The van der Waals surface area contributed by atoms with Crippen LogP contribution in [-0.2, 0) is 6.54 Å². The van der Waals surface area contributed by atoms with Crippen LogP contribution < -0.4 is 15.2 Å². The van der Waals surface area contributed by atoms with Crippen molar-refractivity contribution in [2.24, 2.45) is 0 Å². The molecule has 0 bridgehead atoms. The second kappa shape index (κ2) is 5.52. The molecule has 0 fully saturated rings. The maximum Gasteiger partial charge on any atom is 0.136 e. The topological polar surface area (TPSA) is 62.3 Å². The van der Waals surface area contributed by atoms with Crippen molar-refractivity contribution < 1.29 is 9.47 Å². The minimum Gasteiger partial charge on any atom is -0.497 e. The van der Waals surface area contributed by atoms with Crippen molar-refractivity contribution in [3.63, 3.8) is 0 Å². The summed E-state index contributed by atoms with van der Waals surface area (Å²) in [6.07, 6.45) is 0. The number of aromatic nitrogens is 2. The first-order valence-electron chi connectivity index (χ1n) is 5.76. The van der Waals surface area contributed by atoms with E-state index < -0.39 is 0 Å². The molecule has 0 unspecified atom stereocenters. The van der Waals surface area contributed by atoms with E-state index >= 15 is 0 Å². The molecule has 1 aromatic heterocycles. The first kappa shape index (κ1) is 13.7. The number of hydrogen-bond donors (Lipinski definition) is 1. The van der Waals surface area contributed by atoms with Crippen LogP contribution in [0.15, 0.2) is 22.7 Å². The van der Waals surface area contributed by atoms with Gasteiger partial charge in [0.15, 0.2) is 0 Å². The summed E-state index contributed by atoms with van der Waals surface area (Å²) in [6, 6.07) is 5.65. The van der Waals surface area contributed by atoms with E-state index in [0.717, 1.165) is 27.2 Å². The average molecular weight is 326 g/mol. The van der Waals surface area contributed by atoms with E-state index in [1.807, 2.05) is 25.1 Å². The molecule has 6 heteroatoms. The summed E-state index contributed by atoms with van der Waals surface area (Å²) >= 11 is 3.41. The Bertz CT molecular complexity index is 596. The standard InChI is InChI=1S/C13H16BrN3O2/c1-8-12(14)13(15)17(16-8)7-9-6-10(18-2)4-5-11(9)19-3/h4-6H,7,15H2,1-3H3. The number of benzene rings is 1. The highest BCUT2D eigenvalue weighted by Gasteiger charge is 2.12. The highest BCUT2D eigenvalue weighted by molar-refractivity contribution is 9.10. The van der Waals surface area contributed by atoms with E-state index in [2.05, 4.69) is 21.0 Å². The Hall–Kier alpha value is -1.69. The highest BCUT2D eigenvalue weighted by atomic mass is 79.9. The normalized spacial score (nSPS) is 10.5. The molecule has 0 saturated carbocycles. The fourth-order valence-electron chi connectivity index (χ4n) is 1.86. The molecule has 19 heavy (non-hydrogen) atoms. The van der Waals surface area contributed by atoms with Gasteiger partial charge in [-0.05, 0) is 41.1 Å². The van der Waals surface area contributed by atoms with Crippen LogP contribution in [0.4, 0.5) is 5.82 Å². The molecular formula is C13H16BrN3O2. The lowest BCUT2D eigenvalue weighted by Gasteiger charge is -2.11. The summed E-state index contributed by atoms with van der Waals surface area (Å²) in [7, 11) is 3.27. The van der Waals surface area contributed by atoms with Gasteiger partial charge in [-0.1, -0.05) is 0 Å². The monoisotopic (exact) mass is 325 g/mol. The quantitative estimate of drug-likeness (QED) is 0.938. The molecule has 1 heterocycles. The number of methoxy groups -OCH3 is 2. The van der Waals surface area contributed by atoms with E-state index in [-0.39, 0.29) is 0 Å². The van der Waals surface area contributed by atoms with Crippen LogP contribution in [-0.4, -0.2) is 24.0 Å². The van der Waals surface area contributed by atoms with Gasteiger partial charge in [-0.25, -0.2) is 4.68 Å². The number of aryl methyl sites for hydroxylation is 1. The van der Waals surface area contributed by atoms with Gasteiger partial charge >= 0.3 is 0 Å². The number of nitrogens with two attached hydrogens (primary N) is 1. The van der Waals surface area contributed by atoms with Crippen molar-refractivity contribution in [1.29, 1.82) is 0 Å². The lowest BCUT2D eigenvalue weighted by atomic mass is 10.2. The first-order valence-corrected chi connectivity index (χ1v) is 6.55. The van der Waals surface area contributed by atoms with Crippen molar-refractivity contribution in [3.05, 3.63) is 33.9 Å². The van der Waals surface area contributed by atoms with E-state index in [0.29, 0.717) is 12.4 Å². The molecule has 5 nitrogen and oxygen atoms in total. The molecule has 0 radical (unpaired) electrons. The summed E-state index contributed by atoms with van der Waals surface area (Å²) in [5.74, 6) is 2.16. The maximum atomic E-state index is 5.99. The molecule has 2 aromatic rings. The van der Waals surface area contributed by atoms with Crippen molar-refractivity contribution in [2.75, 3.05) is 20.0 Å². The highest BCUT2D eigenvalue weighted by Crippen LogP contribution is 2.28. The van der Waals surface area contributed by atoms with Crippen molar-refractivity contribution in [2.45, 2.75) is 13.5 Å². The van der Waals surface area contributed by atoms with Crippen LogP contribution in [0.25, 0.3) is 0 Å². The van der Waals surface area contributed by atoms with Crippen molar-refractivity contribution in [3.8, 4) is 11.5 Å². The van der Waals surface area contributed by atoms with Crippen molar-refractivity contribution in [1.82, 2.24) is 9.78 Å². The van der Waals surface area contributed by atoms with Crippen LogP contribution in [0, 0.1) is 6.92 Å². The lowest BCUT2D eigenvalue weighted by molar-refractivity contribution is 0.397. The third kappa shape index (κ3) is 2.68. The van der Waals surface area contributed by atoms with Gasteiger partial charge in [0.25, 0.3) is 0 Å². The minimum atomic E-state index is 0.526. The second-order valence-corrected chi connectivity index (χ2v) is 4.91. The largest absolute Gasteiger partial charge is 0.497 e. The van der Waals surface area contributed by atoms with Crippen LogP contribution in [0.1, 0.15) is 11.3 Å². The van der Waals surface area contributed by atoms with Gasteiger partial charge in [-0.15, -0.1) is 0 Å². The number of rotatable bonds is 4. The Balaban J connectivity index is 2.38. The Kier molecular flexibility index (Phi) is 3.99. The number of ether oxygens (including phenoxy) is 2. The van der Waals surface area contributed by atoms with Crippen LogP contribution in [0.5, 0.6) is 11.5 Å². The van der Waals surface area contributed by atoms with Gasteiger partial charge in [0, 0.05) is 5.56 Å². The molecule has 0 aliphatic heterocycles. The zero-order valence-electron chi connectivity index (χ0n) is 11.1. The zero-order chi connectivity index (χ0) is 14.0. The third-order valence-electron chi connectivity index (χ3n) is 2.90. The van der Waals surface area contributed by atoms with Crippen LogP contribution in [0.3, 0.4) is 0 Å². The molecule has 102 valence electrons. The molecule has 2 rings (SSSR count). The smallest absolute Gasteiger partial charge is 0.136 e. The van der Waals surface area contributed by atoms with Gasteiger partial charge < -0.3 is 15.2 Å². The third-order valence-corrected chi connectivity index (χ3v) is 3.88. The average Bonchev–Trinajstić information content (AvgIpc) is 2.66. The number of halogens is 1. The molecular weight excluding hydrogens is 310 g/mol. The first-order chi connectivity index (χ1) is 9.06. The van der Waals surface area contributed by atoms with E-state index in [4.69, 9.17) is 15.2 Å². The predicted molar refractivity (Wildman–Crippen MR) is 77.7 cm³/mol. The summed E-state index contributed by atoms with van der Waals surface area (Å²) < 4.78 is 13.1. The molecule has 0 amide bonds. The van der Waals surface area contributed by atoms with Crippen LogP contribution >= 0.6 is 15.9 Å². The molecule has 0 aliphatic rings. The fourth-order valence-corrected chi connectivity index (χ4v) is 2.15. The molecule has 0 atom stereocenters. The molecule has 1 aromatic carbocycles. The van der Waals surface area contributed by atoms with Gasteiger partial charge in [0.1, 0.15) is 17.3 Å². The van der Waals surface area contributed by atoms with Gasteiger partial charge in [0.2, 0.25) is 0 Å². The molecule has 0 saturated heterocycles. The second-order valence-electron chi connectivity index (χ2n) is 4.12. The van der Waals surface area contributed by atoms with Crippen molar-refractivity contribution >= 4 is 21.7 Å². The Morgan fingerprint density at radius 3 is 2.58 bits per heavy atom. The van der Waals surface area contributed by atoms with E-state index in [1.165, 1.54) is 0 Å².